The van der Waals surface area contributed by atoms with Gasteiger partial charge in [0.15, 0.2) is 0 Å². The van der Waals surface area contributed by atoms with E-state index in [0.717, 1.165) is 16.3 Å². The van der Waals surface area contributed by atoms with Crippen molar-refractivity contribution in [1.82, 2.24) is 4.90 Å². The second-order valence-electron chi connectivity index (χ2n) is 8.70. The molecule has 1 unspecified atom stereocenters. The minimum Gasteiger partial charge on any atom is -0.369 e. The molecule has 0 aliphatic carbocycles. The second kappa shape index (κ2) is 6.23. The number of nitrogens with zero attached hydrogens (tertiary/aromatic N) is 1. The third kappa shape index (κ3) is 3.14. The average molecular weight is 359 g/mol. The zero-order valence-electron chi connectivity index (χ0n) is 16.7. The van der Waals surface area contributed by atoms with Crippen LogP contribution in [0.25, 0.3) is 16.8 Å². The molecule has 0 aromatic heterocycles. The van der Waals surface area contributed by atoms with E-state index in [-0.39, 0.29) is 17.3 Å². The van der Waals surface area contributed by atoms with Crippen molar-refractivity contribution in [2.45, 2.75) is 39.2 Å². The molecule has 0 N–H and O–H groups in total. The van der Waals surface area contributed by atoms with Crippen LogP contribution in [0, 0.1) is 12.7 Å². The van der Waals surface area contributed by atoms with E-state index in [1.807, 2.05) is 6.07 Å². The molecule has 0 fully saturated rings. The number of rotatable bonds is 1. The molecule has 1 heterocycles. The minimum absolute atomic E-state index is 0.0964. The normalized spacial score (nSPS) is 16.7. The molecule has 1 aliphatic heterocycles. The van der Waals surface area contributed by atoms with Crippen LogP contribution in [0.4, 0.5) is 4.39 Å². The summed E-state index contributed by atoms with van der Waals surface area (Å²) in [6.45, 7) is 8.91. The third-order valence-corrected chi connectivity index (χ3v) is 5.52. The lowest BCUT2D eigenvalue weighted by atomic mass is 9.82. The predicted octanol–water partition coefficient (Wildman–Crippen LogP) is 6.59. The predicted molar refractivity (Wildman–Crippen MR) is 112 cm³/mol. The highest BCUT2D eigenvalue weighted by molar-refractivity contribution is 5.92. The molecule has 2 heteroatoms. The first-order valence-electron chi connectivity index (χ1n) is 9.48. The van der Waals surface area contributed by atoms with Crippen molar-refractivity contribution in [3.63, 3.8) is 0 Å². The van der Waals surface area contributed by atoms with Crippen molar-refractivity contribution in [3.8, 4) is 0 Å². The molecule has 0 bridgehead atoms. The van der Waals surface area contributed by atoms with E-state index < -0.39 is 0 Å². The number of hydrogen-bond donors (Lipinski definition) is 0. The lowest BCUT2D eigenvalue weighted by Crippen LogP contribution is -2.24. The Morgan fingerprint density at radius 3 is 2.44 bits per heavy atom. The van der Waals surface area contributed by atoms with E-state index >= 15 is 0 Å². The van der Waals surface area contributed by atoms with Crippen LogP contribution in [0.5, 0.6) is 0 Å². The van der Waals surface area contributed by atoms with Crippen molar-refractivity contribution in [2.75, 3.05) is 7.05 Å². The highest BCUT2D eigenvalue weighted by Crippen LogP contribution is 2.39. The molecule has 27 heavy (non-hydrogen) atoms. The zero-order chi connectivity index (χ0) is 19.3. The summed E-state index contributed by atoms with van der Waals surface area (Å²) >= 11 is 0. The number of fused-ring (bicyclic) bond motifs is 3. The van der Waals surface area contributed by atoms with Gasteiger partial charge in [0.25, 0.3) is 0 Å². The Morgan fingerprint density at radius 1 is 0.963 bits per heavy atom. The zero-order valence-corrected chi connectivity index (χ0v) is 16.7. The van der Waals surface area contributed by atoms with Crippen molar-refractivity contribution in [1.29, 1.82) is 0 Å². The summed E-state index contributed by atoms with van der Waals surface area (Å²) in [7, 11) is 2.11. The van der Waals surface area contributed by atoms with Crippen LogP contribution in [0.1, 0.15) is 54.6 Å². The van der Waals surface area contributed by atoms with Gasteiger partial charge >= 0.3 is 0 Å². The average Bonchev–Trinajstić information content (AvgIpc) is 2.59. The maximum absolute atomic E-state index is 13.9. The van der Waals surface area contributed by atoms with Gasteiger partial charge in [-0.15, -0.1) is 0 Å². The van der Waals surface area contributed by atoms with Gasteiger partial charge in [-0.25, -0.2) is 4.39 Å². The molecule has 0 amide bonds. The maximum atomic E-state index is 13.9. The van der Waals surface area contributed by atoms with Crippen LogP contribution in [0.3, 0.4) is 0 Å². The molecule has 3 aromatic rings. The van der Waals surface area contributed by atoms with E-state index in [1.54, 1.807) is 6.07 Å². The summed E-state index contributed by atoms with van der Waals surface area (Å²) < 4.78 is 13.9. The van der Waals surface area contributed by atoms with Crippen molar-refractivity contribution >= 4 is 16.8 Å². The topological polar surface area (TPSA) is 3.24 Å². The summed E-state index contributed by atoms with van der Waals surface area (Å²) in [5, 5.41) is 2.05. The number of benzene rings is 3. The first kappa shape index (κ1) is 17.8. The van der Waals surface area contributed by atoms with Gasteiger partial charge in [0.05, 0.1) is 6.04 Å². The Labute approximate surface area is 161 Å². The summed E-state index contributed by atoms with van der Waals surface area (Å²) in [4.78, 5) is 2.24. The van der Waals surface area contributed by atoms with Gasteiger partial charge < -0.3 is 4.90 Å². The lowest BCUT2D eigenvalue weighted by molar-refractivity contribution is 0.381. The second-order valence-corrected chi connectivity index (χ2v) is 8.70. The van der Waals surface area contributed by atoms with Crippen LogP contribution < -0.4 is 0 Å². The smallest absolute Gasteiger partial charge is 0.123 e. The minimum atomic E-state index is -0.189. The van der Waals surface area contributed by atoms with E-state index in [9.17, 15) is 4.39 Å². The number of aryl methyl sites for hydroxylation is 1. The largest absolute Gasteiger partial charge is 0.369 e. The Kier molecular flexibility index (Phi) is 4.10. The van der Waals surface area contributed by atoms with Crippen molar-refractivity contribution in [2.24, 2.45) is 0 Å². The fourth-order valence-electron chi connectivity index (χ4n) is 4.07. The molecule has 0 spiro atoms. The Morgan fingerprint density at radius 2 is 1.70 bits per heavy atom. The van der Waals surface area contributed by atoms with Gasteiger partial charge in [-0.3, -0.25) is 0 Å². The molecule has 0 saturated carbocycles. The molecular formula is C25H26FN. The summed E-state index contributed by atoms with van der Waals surface area (Å²) in [5.41, 5.74) is 6.34. The highest BCUT2D eigenvalue weighted by Gasteiger charge is 2.26. The fourth-order valence-corrected chi connectivity index (χ4v) is 4.07. The van der Waals surface area contributed by atoms with Crippen LogP contribution in [0.2, 0.25) is 0 Å². The van der Waals surface area contributed by atoms with Gasteiger partial charge in [0.1, 0.15) is 5.82 Å². The molecule has 4 rings (SSSR count). The van der Waals surface area contributed by atoms with Crippen LogP contribution in [-0.2, 0) is 5.41 Å². The quantitative estimate of drug-likeness (QED) is 0.474. The summed E-state index contributed by atoms with van der Waals surface area (Å²) in [6, 6.07) is 16.3. The number of halogens is 1. The van der Waals surface area contributed by atoms with Crippen LogP contribution >= 0.6 is 0 Å². The first-order chi connectivity index (χ1) is 12.7. The van der Waals surface area contributed by atoms with Gasteiger partial charge in [-0.1, -0.05) is 62.7 Å². The maximum Gasteiger partial charge on any atom is 0.123 e. The molecule has 1 nitrogen and oxygen atoms in total. The van der Waals surface area contributed by atoms with Gasteiger partial charge in [-0.2, -0.15) is 0 Å². The lowest BCUT2D eigenvalue weighted by Gasteiger charge is -2.34. The molecular weight excluding hydrogens is 333 g/mol. The third-order valence-electron chi connectivity index (χ3n) is 5.52. The van der Waals surface area contributed by atoms with Crippen molar-refractivity contribution in [3.05, 3.63) is 88.4 Å². The molecule has 0 saturated heterocycles. The van der Waals surface area contributed by atoms with E-state index in [0.29, 0.717) is 0 Å². The first-order valence-corrected chi connectivity index (χ1v) is 9.48. The highest BCUT2D eigenvalue weighted by atomic mass is 19.1. The molecule has 0 radical (unpaired) electrons. The Hall–Kier alpha value is -2.61. The van der Waals surface area contributed by atoms with Crippen LogP contribution in [-0.4, -0.2) is 11.9 Å². The monoisotopic (exact) mass is 359 g/mol. The van der Waals surface area contributed by atoms with E-state index in [1.165, 1.54) is 28.3 Å². The standard InChI is InChI=1S/C25H26FN/c1-16-12-18(14-19(13-16)25(2,3)4)24-22-9-7-17-6-8-20(26)15-23(17)21(22)10-11-27(24)5/h6-15,24H,1-5H3. The Balaban J connectivity index is 1.94. The summed E-state index contributed by atoms with van der Waals surface area (Å²) in [5.74, 6) is -0.189. The van der Waals surface area contributed by atoms with E-state index in [4.69, 9.17) is 0 Å². The molecule has 1 atom stereocenters. The van der Waals surface area contributed by atoms with Gasteiger partial charge in [0, 0.05) is 13.2 Å². The number of hydrogen-bond acceptors (Lipinski definition) is 1. The Bertz CT molecular complexity index is 1060. The summed E-state index contributed by atoms with van der Waals surface area (Å²) in [6.07, 6.45) is 4.21. The molecule has 1 aliphatic rings. The van der Waals surface area contributed by atoms with Crippen LogP contribution in [0.15, 0.2) is 54.7 Å². The van der Waals surface area contributed by atoms with Gasteiger partial charge in [0.2, 0.25) is 0 Å². The van der Waals surface area contributed by atoms with Crippen molar-refractivity contribution < 1.29 is 4.39 Å². The fraction of sp³-hybridized carbons (Fsp3) is 0.280. The van der Waals surface area contributed by atoms with E-state index in [2.05, 4.69) is 82.3 Å². The SMILES string of the molecule is Cc1cc(C2c3ccc4ccc(F)cc4c3C=CN2C)cc(C(C)(C)C)c1. The molecule has 138 valence electrons. The molecule has 3 aromatic carbocycles. The van der Waals surface area contributed by atoms with Gasteiger partial charge in [-0.05, 0) is 63.6 Å².